The van der Waals surface area contributed by atoms with E-state index in [9.17, 15) is 4.79 Å². The second-order valence-electron chi connectivity index (χ2n) is 4.03. The number of rotatable bonds is 2. The summed E-state index contributed by atoms with van der Waals surface area (Å²) in [4.78, 5) is 11.0. The van der Waals surface area contributed by atoms with Gasteiger partial charge < -0.3 is 5.11 Å². The van der Waals surface area contributed by atoms with Crippen molar-refractivity contribution in [1.82, 2.24) is 0 Å². The van der Waals surface area contributed by atoms with Gasteiger partial charge in [0.15, 0.2) is 0 Å². The zero-order valence-electron chi connectivity index (χ0n) is 9.46. The molecule has 3 aromatic rings. The molecule has 0 saturated carbocycles. The number of thiophene rings is 1. The average molecular weight is 254 g/mol. The minimum atomic E-state index is -0.892. The fourth-order valence-electron chi connectivity index (χ4n) is 2.02. The maximum absolute atomic E-state index is 11.0. The standard InChI is InChI=1S/C15H10O2S/c16-15(17)11-5-3-4-10(8-11)13-9-18-14-7-2-1-6-12(13)14/h1-9H,(H,16,17). The summed E-state index contributed by atoms with van der Waals surface area (Å²) in [6.07, 6.45) is 0. The Labute approximate surface area is 108 Å². The average Bonchev–Trinajstić information content (AvgIpc) is 2.82. The molecule has 3 heteroatoms. The second kappa shape index (κ2) is 4.27. The lowest BCUT2D eigenvalue weighted by Gasteiger charge is -2.01. The van der Waals surface area contributed by atoms with Gasteiger partial charge in [0.2, 0.25) is 0 Å². The summed E-state index contributed by atoms with van der Waals surface area (Å²) in [6.45, 7) is 0. The molecule has 1 aromatic heterocycles. The number of carbonyl (C=O) groups is 1. The van der Waals surface area contributed by atoms with E-state index in [1.807, 2.05) is 18.2 Å². The number of fused-ring (bicyclic) bond motifs is 1. The van der Waals surface area contributed by atoms with Crippen LogP contribution in [0.4, 0.5) is 0 Å². The van der Waals surface area contributed by atoms with E-state index in [4.69, 9.17) is 5.11 Å². The third kappa shape index (κ3) is 1.79. The molecular weight excluding hydrogens is 244 g/mol. The van der Waals surface area contributed by atoms with Gasteiger partial charge in [-0.2, -0.15) is 0 Å². The highest BCUT2D eigenvalue weighted by Crippen LogP contribution is 2.33. The Morgan fingerprint density at radius 3 is 2.72 bits per heavy atom. The number of hydrogen-bond donors (Lipinski definition) is 1. The minimum Gasteiger partial charge on any atom is -0.478 e. The number of benzene rings is 2. The van der Waals surface area contributed by atoms with Crippen LogP contribution in [0.5, 0.6) is 0 Å². The summed E-state index contributed by atoms with van der Waals surface area (Å²) in [7, 11) is 0. The van der Waals surface area contributed by atoms with Gasteiger partial charge in [-0.1, -0.05) is 30.3 Å². The van der Waals surface area contributed by atoms with E-state index in [0.29, 0.717) is 5.56 Å². The lowest BCUT2D eigenvalue weighted by Crippen LogP contribution is -1.95. The van der Waals surface area contributed by atoms with E-state index in [1.165, 1.54) is 10.1 Å². The van der Waals surface area contributed by atoms with Crippen LogP contribution in [-0.2, 0) is 0 Å². The maximum atomic E-state index is 11.0. The Kier molecular flexibility index (Phi) is 2.61. The molecule has 0 aliphatic rings. The van der Waals surface area contributed by atoms with Crippen molar-refractivity contribution in [3.05, 3.63) is 59.5 Å². The number of hydrogen-bond acceptors (Lipinski definition) is 2. The monoisotopic (exact) mass is 254 g/mol. The van der Waals surface area contributed by atoms with Crippen molar-refractivity contribution in [2.24, 2.45) is 0 Å². The van der Waals surface area contributed by atoms with Gasteiger partial charge in [0.05, 0.1) is 5.56 Å². The summed E-state index contributed by atoms with van der Waals surface area (Å²) < 4.78 is 1.22. The molecule has 2 aromatic carbocycles. The van der Waals surface area contributed by atoms with Crippen LogP contribution >= 0.6 is 11.3 Å². The Hall–Kier alpha value is -2.13. The molecule has 0 amide bonds. The van der Waals surface area contributed by atoms with Gasteiger partial charge >= 0.3 is 5.97 Å². The lowest BCUT2D eigenvalue weighted by molar-refractivity contribution is 0.0697. The first-order chi connectivity index (χ1) is 8.75. The van der Waals surface area contributed by atoms with Gasteiger partial charge in [-0.15, -0.1) is 11.3 Å². The molecule has 88 valence electrons. The number of carboxylic acids is 1. The van der Waals surface area contributed by atoms with Crippen molar-refractivity contribution in [3.8, 4) is 11.1 Å². The summed E-state index contributed by atoms with van der Waals surface area (Å²) in [5.74, 6) is -0.892. The minimum absolute atomic E-state index is 0.322. The second-order valence-corrected chi connectivity index (χ2v) is 4.94. The molecule has 2 nitrogen and oxygen atoms in total. The predicted molar refractivity (Wildman–Crippen MR) is 74.2 cm³/mol. The van der Waals surface area contributed by atoms with E-state index in [-0.39, 0.29) is 0 Å². The molecule has 0 aliphatic heterocycles. The number of aromatic carboxylic acids is 1. The van der Waals surface area contributed by atoms with Crippen molar-refractivity contribution in [3.63, 3.8) is 0 Å². The van der Waals surface area contributed by atoms with Crippen molar-refractivity contribution >= 4 is 27.4 Å². The molecule has 0 radical (unpaired) electrons. The molecule has 3 rings (SSSR count). The lowest BCUT2D eigenvalue weighted by atomic mass is 10.0. The molecule has 0 atom stereocenters. The van der Waals surface area contributed by atoms with E-state index >= 15 is 0 Å². The predicted octanol–water partition coefficient (Wildman–Crippen LogP) is 4.27. The van der Waals surface area contributed by atoms with Crippen LogP contribution in [0.15, 0.2) is 53.9 Å². The highest BCUT2D eigenvalue weighted by Gasteiger charge is 2.08. The first-order valence-electron chi connectivity index (χ1n) is 5.55. The topological polar surface area (TPSA) is 37.3 Å². The Bertz CT molecular complexity index is 728. The molecule has 0 bridgehead atoms. The maximum Gasteiger partial charge on any atom is 0.335 e. The Morgan fingerprint density at radius 1 is 1.06 bits per heavy atom. The van der Waals surface area contributed by atoms with E-state index in [2.05, 4.69) is 17.5 Å². The van der Waals surface area contributed by atoms with Crippen LogP contribution in [-0.4, -0.2) is 11.1 Å². The summed E-state index contributed by atoms with van der Waals surface area (Å²) in [5, 5.41) is 12.3. The molecule has 0 spiro atoms. The molecular formula is C15H10O2S. The molecule has 1 heterocycles. The van der Waals surface area contributed by atoms with Crippen molar-refractivity contribution in [2.45, 2.75) is 0 Å². The summed E-state index contributed by atoms with van der Waals surface area (Å²) in [5.41, 5.74) is 2.37. The molecule has 1 N–H and O–H groups in total. The van der Waals surface area contributed by atoms with Gasteiger partial charge in [0, 0.05) is 15.6 Å². The SMILES string of the molecule is O=C(O)c1cccc(-c2csc3ccccc23)c1. The van der Waals surface area contributed by atoms with Crippen LogP contribution in [0.2, 0.25) is 0 Å². The fraction of sp³-hybridized carbons (Fsp3) is 0. The first-order valence-corrected chi connectivity index (χ1v) is 6.43. The Morgan fingerprint density at radius 2 is 1.89 bits per heavy atom. The molecule has 0 saturated heterocycles. The normalized spacial score (nSPS) is 10.7. The van der Waals surface area contributed by atoms with Crippen LogP contribution in [0.3, 0.4) is 0 Å². The van der Waals surface area contributed by atoms with Gasteiger partial charge in [0.1, 0.15) is 0 Å². The zero-order valence-corrected chi connectivity index (χ0v) is 10.3. The van der Waals surface area contributed by atoms with Crippen molar-refractivity contribution < 1.29 is 9.90 Å². The third-order valence-corrected chi connectivity index (χ3v) is 3.86. The molecule has 18 heavy (non-hydrogen) atoms. The largest absolute Gasteiger partial charge is 0.478 e. The van der Waals surface area contributed by atoms with Gasteiger partial charge in [-0.3, -0.25) is 0 Å². The Balaban J connectivity index is 2.20. The highest BCUT2D eigenvalue weighted by atomic mass is 32.1. The zero-order chi connectivity index (χ0) is 12.5. The van der Waals surface area contributed by atoms with E-state index < -0.39 is 5.97 Å². The molecule has 0 fully saturated rings. The van der Waals surface area contributed by atoms with Gasteiger partial charge in [-0.05, 0) is 29.1 Å². The van der Waals surface area contributed by atoms with Gasteiger partial charge in [-0.25, -0.2) is 4.79 Å². The summed E-state index contributed by atoms with van der Waals surface area (Å²) >= 11 is 1.68. The van der Waals surface area contributed by atoms with E-state index in [0.717, 1.165) is 11.1 Å². The quantitative estimate of drug-likeness (QED) is 0.741. The van der Waals surface area contributed by atoms with Gasteiger partial charge in [0.25, 0.3) is 0 Å². The van der Waals surface area contributed by atoms with Crippen LogP contribution < -0.4 is 0 Å². The first kappa shape index (κ1) is 11.0. The smallest absolute Gasteiger partial charge is 0.335 e. The van der Waals surface area contributed by atoms with Crippen LogP contribution in [0.25, 0.3) is 21.2 Å². The fourth-order valence-corrected chi connectivity index (χ4v) is 2.99. The molecule has 0 unspecified atom stereocenters. The number of carboxylic acid groups (broad SMARTS) is 1. The highest BCUT2D eigenvalue weighted by molar-refractivity contribution is 7.17. The van der Waals surface area contributed by atoms with Crippen molar-refractivity contribution in [2.75, 3.05) is 0 Å². The summed E-state index contributed by atoms with van der Waals surface area (Å²) in [6, 6.07) is 15.2. The molecule has 0 aliphatic carbocycles. The van der Waals surface area contributed by atoms with Crippen LogP contribution in [0.1, 0.15) is 10.4 Å². The van der Waals surface area contributed by atoms with Crippen molar-refractivity contribution in [1.29, 1.82) is 0 Å². The van der Waals surface area contributed by atoms with E-state index in [1.54, 1.807) is 29.5 Å². The van der Waals surface area contributed by atoms with Crippen LogP contribution in [0, 0.1) is 0 Å². The third-order valence-electron chi connectivity index (χ3n) is 2.90.